The van der Waals surface area contributed by atoms with Crippen molar-refractivity contribution < 1.29 is 14.6 Å². The van der Waals surface area contributed by atoms with Crippen molar-refractivity contribution in [3.8, 4) is 5.75 Å². The van der Waals surface area contributed by atoms with Crippen LogP contribution in [-0.4, -0.2) is 24.4 Å². The van der Waals surface area contributed by atoms with E-state index in [0.29, 0.717) is 5.75 Å². The molecule has 0 heterocycles. The molecule has 0 aliphatic carbocycles. The lowest BCUT2D eigenvalue weighted by Gasteiger charge is -2.06. The molecule has 14 heavy (non-hydrogen) atoms. The predicted octanol–water partition coefficient (Wildman–Crippen LogP) is 2.26. The fraction of sp³-hybridized carbons (Fsp3) is 0.300. The summed E-state index contributed by atoms with van der Waals surface area (Å²) < 4.78 is 5.00. The molecule has 0 amide bonds. The maximum atomic E-state index is 10.8. The molecule has 0 fully saturated rings. The highest BCUT2D eigenvalue weighted by Gasteiger charge is 2.10. The van der Waals surface area contributed by atoms with Gasteiger partial charge in [0.25, 0.3) is 0 Å². The third-order valence-corrected chi connectivity index (χ3v) is 2.43. The summed E-state index contributed by atoms with van der Waals surface area (Å²) in [5, 5.41) is 8.83. The summed E-state index contributed by atoms with van der Waals surface area (Å²) in [5.41, 5.74) is 1.27. The number of methoxy groups -OCH3 is 1. The predicted molar refractivity (Wildman–Crippen MR) is 57.2 cm³/mol. The summed E-state index contributed by atoms with van der Waals surface area (Å²) >= 11 is 1.69. The molecule has 1 aromatic carbocycles. The number of rotatable bonds is 4. The van der Waals surface area contributed by atoms with Gasteiger partial charge in [0.05, 0.1) is 7.11 Å². The van der Waals surface area contributed by atoms with Gasteiger partial charge in [0.15, 0.2) is 0 Å². The van der Waals surface area contributed by atoms with Gasteiger partial charge in [-0.2, -0.15) is 11.8 Å². The Morgan fingerprint density at radius 3 is 2.79 bits per heavy atom. The average Bonchev–Trinajstić information content (AvgIpc) is 2.17. The molecule has 3 nitrogen and oxygen atoms in total. The van der Waals surface area contributed by atoms with Crippen molar-refractivity contribution >= 4 is 17.7 Å². The molecule has 0 saturated heterocycles. The molecule has 0 aliphatic rings. The lowest BCUT2D eigenvalue weighted by molar-refractivity contribution is 0.0693. The van der Waals surface area contributed by atoms with Crippen LogP contribution in [0.2, 0.25) is 0 Å². The summed E-state index contributed by atoms with van der Waals surface area (Å²) in [7, 11) is 1.48. The fourth-order valence-electron chi connectivity index (χ4n) is 1.17. The first-order valence-electron chi connectivity index (χ1n) is 4.08. The molecule has 0 saturated carbocycles. The van der Waals surface area contributed by atoms with Crippen LogP contribution < -0.4 is 4.74 Å². The Hall–Kier alpha value is -1.16. The zero-order valence-electron chi connectivity index (χ0n) is 8.11. The molecular weight excluding hydrogens is 200 g/mol. The van der Waals surface area contributed by atoms with Gasteiger partial charge in [0, 0.05) is 5.75 Å². The monoisotopic (exact) mass is 212 g/mol. The van der Waals surface area contributed by atoms with Crippen LogP contribution in [-0.2, 0) is 5.75 Å². The van der Waals surface area contributed by atoms with Gasteiger partial charge < -0.3 is 9.84 Å². The van der Waals surface area contributed by atoms with E-state index in [-0.39, 0.29) is 5.56 Å². The normalized spacial score (nSPS) is 9.86. The van der Waals surface area contributed by atoms with Gasteiger partial charge in [0.2, 0.25) is 0 Å². The maximum absolute atomic E-state index is 10.8. The van der Waals surface area contributed by atoms with Crippen molar-refractivity contribution in [2.75, 3.05) is 13.4 Å². The molecule has 0 aliphatic heterocycles. The molecular formula is C10H12O3S. The van der Waals surface area contributed by atoms with Crippen LogP contribution in [0.25, 0.3) is 0 Å². The van der Waals surface area contributed by atoms with Crippen molar-refractivity contribution in [1.82, 2.24) is 0 Å². The third kappa shape index (κ3) is 2.42. The quantitative estimate of drug-likeness (QED) is 0.831. The number of ether oxygens (including phenoxy) is 1. The van der Waals surface area contributed by atoms with Crippen molar-refractivity contribution in [3.63, 3.8) is 0 Å². The third-order valence-electron chi connectivity index (χ3n) is 1.81. The maximum Gasteiger partial charge on any atom is 0.339 e. The summed E-state index contributed by atoms with van der Waals surface area (Å²) in [4.78, 5) is 10.8. The average molecular weight is 212 g/mol. The first-order valence-corrected chi connectivity index (χ1v) is 5.47. The number of hydrogen-bond donors (Lipinski definition) is 1. The number of benzene rings is 1. The highest BCUT2D eigenvalue weighted by atomic mass is 32.2. The minimum atomic E-state index is -0.961. The van der Waals surface area contributed by atoms with E-state index < -0.39 is 5.97 Å². The second-order valence-electron chi connectivity index (χ2n) is 2.77. The van der Waals surface area contributed by atoms with Crippen molar-refractivity contribution in [2.24, 2.45) is 0 Å². The van der Waals surface area contributed by atoms with Crippen molar-refractivity contribution in [1.29, 1.82) is 0 Å². The number of thioether (sulfide) groups is 1. The van der Waals surface area contributed by atoms with Gasteiger partial charge in [-0.25, -0.2) is 4.79 Å². The summed E-state index contributed by atoms with van der Waals surface area (Å²) in [5.74, 6) is 0.317. The van der Waals surface area contributed by atoms with E-state index in [9.17, 15) is 4.79 Å². The zero-order valence-corrected chi connectivity index (χ0v) is 8.93. The Balaban J connectivity index is 3.05. The Morgan fingerprint density at radius 1 is 1.57 bits per heavy atom. The number of carboxylic acids is 1. The van der Waals surface area contributed by atoms with E-state index in [1.807, 2.05) is 12.3 Å². The van der Waals surface area contributed by atoms with Crippen LogP contribution in [0.1, 0.15) is 15.9 Å². The Bertz CT molecular complexity index is 336. The van der Waals surface area contributed by atoms with E-state index in [1.165, 1.54) is 7.11 Å². The first-order chi connectivity index (χ1) is 6.69. The Kier molecular flexibility index (Phi) is 3.83. The van der Waals surface area contributed by atoms with Crippen LogP contribution in [0.3, 0.4) is 0 Å². The number of carboxylic acid groups (broad SMARTS) is 1. The molecule has 1 aromatic rings. The number of hydrogen-bond acceptors (Lipinski definition) is 3. The SMILES string of the molecule is COc1cc(CSC)ccc1C(=O)O. The topological polar surface area (TPSA) is 46.5 Å². The molecule has 0 radical (unpaired) electrons. The van der Waals surface area contributed by atoms with E-state index in [2.05, 4.69) is 0 Å². The number of carbonyl (C=O) groups is 1. The molecule has 0 atom stereocenters. The highest BCUT2D eigenvalue weighted by Crippen LogP contribution is 2.22. The standard InChI is InChI=1S/C10H12O3S/c1-13-9-5-7(6-14-2)3-4-8(9)10(11)12/h3-5H,6H2,1-2H3,(H,11,12). The molecule has 0 unspecified atom stereocenters. The molecule has 0 spiro atoms. The van der Waals surface area contributed by atoms with Gasteiger partial charge in [-0.1, -0.05) is 6.07 Å². The van der Waals surface area contributed by atoms with Crippen LogP contribution >= 0.6 is 11.8 Å². The van der Waals surface area contributed by atoms with Crippen LogP contribution in [0, 0.1) is 0 Å². The van der Waals surface area contributed by atoms with Gasteiger partial charge >= 0.3 is 5.97 Å². The molecule has 1 N–H and O–H groups in total. The Labute approximate surface area is 87.1 Å². The molecule has 4 heteroatoms. The summed E-state index contributed by atoms with van der Waals surface area (Å²) in [6, 6.07) is 5.15. The molecule has 0 bridgehead atoms. The van der Waals surface area contributed by atoms with Crippen LogP contribution in [0.4, 0.5) is 0 Å². The van der Waals surface area contributed by atoms with E-state index in [0.717, 1.165) is 11.3 Å². The fourth-order valence-corrected chi connectivity index (χ4v) is 1.68. The lowest BCUT2D eigenvalue weighted by atomic mass is 10.1. The van der Waals surface area contributed by atoms with Crippen molar-refractivity contribution in [3.05, 3.63) is 29.3 Å². The number of aromatic carboxylic acids is 1. The van der Waals surface area contributed by atoms with Crippen molar-refractivity contribution in [2.45, 2.75) is 5.75 Å². The van der Waals surface area contributed by atoms with Gasteiger partial charge in [-0.3, -0.25) is 0 Å². The second kappa shape index (κ2) is 4.91. The smallest absolute Gasteiger partial charge is 0.339 e. The second-order valence-corrected chi connectivity index (χ2v) is 3.64. The summed E-state index contributed by atoms with van der Waals surface area (Å²) in [6.07, 6.45) is 2.00. The lowest BCUT2D eigenvalue weighted by Crippen LogP contribution is -2.00. The highest BCUT2D eigenvalue weighted by molar-refractivity contribution is 7.97. The zero-order chi connectivity index (χ0) is 10.6. The van der Waals surface area contributed by atoms with Gasteiger partial charge in [0.1, 0.15) is 11.3 Å². The van der Waals surface area contributed by atoms with E-state index in [4.69, 9.17) is 9.84 Å². The largest absolute Gasteiger partial charge is 0.496 e. The van der Waals surface area contributed by atoms with Crippen LogP contribution in [0.5, 0.6) is 5.75 Å². The summed E-state index contributed by atoms with van der Waals surface area (Å²) in [6.45, 7) is 0. The van der Waals surface area contributed by atoms with E-state index in [1.54, 1.807) is 23.9 Å². The van der Waals surface area contributed by atoms with Crippen LogP contribution in [0.15, 0.2) is 18.2 Å². The molecule has 0 aromatic heterocycles. The first kappa shape index (κ1) is 10.9. The Morgan fingerprint density at radius 2 is 2.29 bits per heavy atom. The van der Waals surface area contributed by atoms with E-state index >= 15 is 0 Å². The van der Waals surface area contributed by atoms with Gasteiger partial charge in [-0.15, -0.1) is 0 Å². The minimum Gasteiger partial charge on any atom is -0.496 e. The molecule has 76 valence electrons. The van der Waals surface area contributed by atoms with Gasteiger partial charge in [-0.05, 0) is 24.0 Å². The molecule has 1 rings (SSSR count). The minimum absolute atomic E-state index is 0.206.